The van der Waals surface area contributed by atoms with Gasteiger partial charge < -0.3 is 15.2 Å². The molecule has 0 bridgehead atoms. The number of benzene rings is 2. The summed E-state index contributed by atoms with van der Waals surface area (Å²) in [5.41, 5.74) is 1.72. The molecule has 118 valence electrons. The summed E-state index contributed by atoms with van der Waals surface area (Å²) < 4.78 is 0. The Labute approximate surface area is 141 Å². The van der Waals surface area contributed by atoms with Gasteiger partial charge in [0.15, 0.2) is 5.88 Å². The number of aromatic hydroxyl groups is 2. The van der Waals surface area contributed by atoms with E-state index < -0.39 is 0 Å². The smallest absolute Gasteiger partial charge is 0.199 e. The monoisotopic (exact) mass is 337 g/mol. The maximum absolute atomic E-state index is 10.1. The zero-order valence-corrected chi connectivity index (χ0v) is 13.1. The number of pyridine rings is 1. The van der Waals surface area contributed by atoms with E-state index in [1.807, 2.05) is 24.3 Å². The molecule has 2 aromatic carbocycles. The molecule has 5 nitrogen and oxygen atoms in total. The molecular formula is C18H12ClN3O2. The molecule has 0 unspecified atom stereocenters. The minimum absolute atomic E-state index is 0.0217. The maximum atomic E-state index is 10.1. The van der Waals surface area contributed by atoms with Crippen molar-refractivity contribution in [1.82, 2.24) is 9.97 Å². The van der Waals surface area contributed by atoms with Crippen LogP contribution in [0.3, 0.4) is 0 Å². The van der Waals surface area contributed by atoms with E-state index in [1.54, 1.807) is 30.5 Å². The Bertz CT molecular complexity index is 1100. The average Bonchev–Trinajstić information content (AvgIpc) is 2.89. The van der Waals surface area contributed by atoms with Crippen LogP contribution in [0.25, 0.3) is 21.8 Å². The number of aliphatic imine (C=N–C) groups is 1. The lowest BCUT2D eigenvalue weighted by Gasteiger charge is -2.03. The van der Waals surface area contributed by atoms with Gasteiger partial charge >= 0.3 is 0 Å². The van der Waals surface area contributed by atoms with E-state index in [0.717, 1.165) is 16.2 Å². The number of rotatable bonds is 2. The number of phenolic OH excluding ortho intramolecular Hbond substituents is 1. The predicted octanol–water partition coefficient (Wildman–Crippen LogP) is 4.53. The standard InChI is InChI=1S/C18H12ClN3O2/c19-16-8-5-12-13(18(24)22-17(12)21-16)9-20-14-6-7-15(23)11-4-2-1-3-10(11)14/h1-9,23-24H,(H,21,22). The second-order valence-electron chi connectivity index (χ2n) is 5.33. The molecule has 4 aromatic rings. The van der Waals surface area contributed by atoms with E-state index in [1.165, 1.54) is 0 Å². The van der Waals surface area contributed by atoms with Crippen molar-refractivity contribution in [3.63, 3.8) is 0 Å². The third kappa shape index (κ3) is 2.35. The van der Waals surface area contributed by atoms with E-state index in [0.29, 0.717) is 22.1 Å². The summed E-state index contributed by atoms with van der Waals surface area (Å²) >= 11 is 5.86. The lowest BCUT2D eigenvalue weighted by Crippen LogP contribution is -1.81. The van der Waals surface area contributed by atoms with Crippen LogP contribution in [0.1, 0.15) is 5.56 Å². The van der Waals surface area contributed by atoms with Crippen LogP contribution in [0.5, 0.6) is 11.6 Å². The highest BCUT2D eigenvalue weighted by Gasteiger charge is 2.11. The minimum Gasteiger partial charge on any atom is -0.507 e. The van der Waals surface area contributed by atoms with Gasteiger partial charge in [-0.1, -0.05) is 35.9 Å². The van der Waals surface area contributed by atoms with Crippen LogP contribution in [0.15, 0.2) is 53.5 Å². The predicted molar refractivity (Wildman–Crippen MR) is 95.6 cm³/mol. The van der Waals surface area contributed by atoms with Crippen LogP contribution in [0.2, 0.25) is 5.15 Å². The van der Waals surface area contributed by atoms with Crippen LogP contribution >= 0.6 is 11.6 Å². The number of halogens is 1. The molecule has 0 saturated heterocycles. The summed E-state index contributed by atoms with van der Waals surface area (Å²) in [5, 5.41) is 22.7. The molecule has 24 heavy (non-hydrogen) atoms. The third-order valence-electron chi connectivity index (χ3n) is 3.85. The van der Waals surface area contributed by atoms with E-state index in [2.05, 4.69) is 15.0 Å². The summed E-state index contributed by atoms with van der Waals surface area (Å²) in [6.07, 6.45) is 1.57. The highest BCUT2D eigenvalue weighted by molar-refractivity contribution is 6.29. The number of phenols is 1. The Morgan fingerprint density at radius 1 is 0.958 bits per heavy atom. The minimum atomic E-state index is -0.0217. The van der Waals surface area contributed by atoms with E-state index in [9.17, 15) is 10.2 Å². The first-order chi connectivity index (χ1) is 11.6. The lowest BCUT2D eigenvalue weighted by atomic mass is 10.1. The van der Waals surface area contributed by atoms with Gasteiger partial charge in [0.25, 0.3) is 0 Å². The molecule has 2 heterocycles. The largest absolute Gasteiger partial charge is 0.507 e. The quantitative estimate of drug-likeness (QED) is 0.371. The Morgan fingerprint density at radius 3 is 2.58 bits per heavy atom. The third-order valence-corrected chi connectivity index (χ3v) is 4.06. The van der Waals surface area contributed by atoms with Crippen molar-refractivity contribution in [2.45, 2.75) is 0 Å². The number of nitrogens with zero attached hydrogens (tertiary/aromatic N) is 2. The number of fused-ring (bicyclic) bond motifs is 2. The summed E-state index contributed by atoms with van der Waals surface area (Å²) in [7, 11) is 0. The first-order valence-corrected chi connectivity index (χ1v) is 7.63. The second kappa shape index (κ2) is 5.54. The van der Waals surface area contributed by atoms with E-state index in [4.69, 9.17) is 11.6 Å². The number of H-pyrrole nitrogens is 1. The first-order valence-electron chi connectivity index (χ1n) is 7.25. The summed E-state index contributed by atoms with van der Waals surface area (Å²) in [5.74, 6) is 0.185. The van der Waals surface area contributed by atoms with Gasteiger partial charge in [-0.05, 0) is 24.3 Å². The topological polar surface area (TPSA) is 81.5 Å². The molecule has 3 N–H and O–H groups in total. The Kier molecular flexibility index (Phi) is 3.36. The zero-order valence-electron chi connectivity index (χ0n) is 12.4. The summed E-state index contributed by atoms with van der Waals surface area (Å²) in [6, 6.07) is 14.2. The molecule has 2 aromatic heterocycles. The van der Waals surface area contributed by atoms with E-state index >= 15 is 0 Å². The Morgan fingerprint density at radius 2 is 1.75 bits per heavy atom. The number of aromatic nitrogens is 2. The normalized spacial score (nSPS) is 11.7. The fraction of sp³-hybridized carbons (Fsp3) is 0. The fourth-order valence-electron chi connectivity index (χ4n) is 2.70. The van der Waals surface area contributed by atoms with Crippen LogP contribution in [-0.2, 0) is 0 Å². The molecule has 0 saturated carbocycles. The van der Waals surface area contributed by atoms with Crippen LogP contribution in [0, 0.1) is 0 Å². The van der Waals surface area contributed by atoms with Crippen molar-refractivity contribution in [1.29, 1.82) is 0 Å². The highest BCUT2D eigenvalue weighted by atomic mass is 35.5. The Balaban J connectivity index is 1.85. The molecule has 0 atom stereocenters. The summed E-state index contributed by atoms with van der Waals surface area (Å²) in [4.78, 5) is 11.4. The summed E-state index contributed by atoms with van der Waals surface area (Å²) in [6.45, 7) is 0. The van der Waals surface area contributed by atoms with Crippen LogP contribution in [-0.4, -0.2) is 26.4 Å². The first kappa shape index (κ1) is 14.5. The molecule has 0 fully saturated rings. The molecular weight excluding hydrogens is 326 g/mol. The molecule has 0 aliphatic heterocycles. The Hall–Kier alpha value is -3.05. The van der Waals surface area contributed by atoms with Crippen LogP contribution < -0.4 is 0 Å². The van der Waals surface area contributed by atoms with Crippen LogP contribution in [0.4, 0.5) is 5.69 Å². The highest BCUT2D eigenvalue weighted by Crippen LogP contribution is 2.33. The molecule has 0 radical (unpaired) electrons. The van der Waals surface area contributed by atoms with Gasteiger partial charge in [0, 0.05) is 22.4 Å². The lowest BCUT2D eigenvalue weighted by molar-refractivity contribution is 0.457. The van der Waals surface area contributed by atoms with Crippen molar-refractivity contribution in [3.05, 3.63) is 59.2 Å². The molecule has 0 aliphatic carbocycles. The second-order valence-corrected chi connectivity index (χ2v) is 5.71. The van der Waals surface area contributed by atoms with Gasteiger partial charge in [-0.15, -0.1) is 0 Å². The fourth-order valence-corrected chi connectivity index (χ4v) is 2.85. The average molecular weight is 338 g/mol. The number of hydrogen-bond donors (Lipinski definition) is 3. The number of nitrogens with one attached hydrogen (secondary N) is 1. The molecule has 0 aliphatic rings. The van der Waals surface area contributed by atoms with Crippen molar-refractivity contribution in [2.75, 3.05) is 0 Å². The van der Waals surface area contributed by atoms with Crippen molar-refractivity contribution in [3.8, 4) is 11.6 Å². The van der Waals surface area contributed by atoms with Crippen molar-refractivity contribution in [2.24, 2.45) is 4.99 Å². The van der Waals surface area contributed by atoms with Gasteiger partial charge in [0.2, 0.25) is 0 Å². The van der Waals surface area contributed by atoms with Gasteiger partial charge in [-0.25, -0.2) is 4.98 Å². The molecule has 0 spiro atoms. The van der Waals surface area contributed by atoms with Gasteiger partial charge in [-0.3, -0.25) is 4.99 Å². The van der Waals surface area contributed by atoms with Crippen molar-refractivity contribution >= 4 is 45.3 Å². The molecule has 6 heteroatoms. The van der Waals surface area contributed by atoms with Gasteiger partial charge in [-0.2, -0.15) is 0 Å². The number of aromatic amines is 1. The van der Waals surface area contributed by atoms with Gasteiger partial charge in [0.1, 0.15) is 16.5 Å². The van der Waals surface area contributed by atoms with E-state index in [-0.39, 0.29) is 11.6 Å². The van der Waals surface area contributed by atoms with Gasteiger partial charge in [0.05, 0.1) is 11.3 Å². The van der Waals surface area contributed by atoms with Crippen molar-refractivity contribution < 1.29 is 10.2 Å². The zero-order chi connectivity index (χ0) is 16.7. The number of hydrogen-bond acceptors (Lipinski definition) is 4. The maximum Gasteiger partial charge on any atom is 0.199 e. The molecule has 4 rings (SSSR count). The molecule has 0 amide bonds. The SMILES string of the molecule is Oc1[nH]c2nc(Cl)ccc2c1C=Nc1ccc(O)c2ccccc12.